The number of hydrogen-bond donors (Lipinski definition) is 10. The highest BCUT2D eigenvalue weighted by molar-refractivity contribution is 14.1. The molecule has 12 heteroatoms. The average molecular weight is 460 g/mol. The molecule has 0 saturated heterocycles. The molecule has 0 heterocycles. The second-order valence-corrected chi connectivity index (χ2v) is 6.80. The number of halogens is 1. The van der Waals surface area contributed by atoms with Crippen LogP contribution in [-0.2, 0) is 0 Å². The van der Waals surface area contributed by atoms with Crippen molar-refractivity contribution < 1.29 is 0 Å². The van der Waals surface area contributed by atoms with Gasteiger partial charge in [-0.05, 0) is 29.5 Å². The summed E-state index contributed by atoms with van der Waals surface area (Å²) in [7, 11) is 0. The Bertz CT molecular complexity index is 761. The molecule has 0 atom stereocenters. The Kier molecular flexibility index (Phi) is 4.33. The monoisotopic (exact) mass is 460 g/mol. The van der Waals surface area contributed by atoms with Crippen LogP contribution in [0.3, 0.4) is 0 Å². The van der Waals surface area contributed by atoms with Gasteiger partial charge in [-0.25, -0.2) is 0 Å². The number of anilines is 8. The molecule has 0 aliphatic heterocycles. The van der Waals surface area contributed by atoms with Gasteiger partial charge in [0.25, 0.3) is 0 Å². The van der Waals surface area contributed by atoms with Crippen molar-refractivity contribution in [1.29, 1.82) is 0 Å². The van der Waals surface area contributed by atoms with E-state index in [2.05, 4.69) is 0 Å². The van der Waals surface area contributed by atoms with Crippen LogP contribution in [0.1, 0.15) is 5.56 Å². The molecule has 0 saturated carbocycles. The van der Waals surface area contributed by atoms with Crippen LogP contribution in [0.15, 0.2) is 0 Å². The minimum Gasteiger partial charge on any atom is -0.397 e. The Morgan fingerprint density at radius 2 is 0.920 bits per heavy atom. The van der Waals surface area contributed by atoms with Gasteiger partial charge in [0.1, 0.15) is 14.9 Å². The molecule has 2 rings (SSSR count). The van der Waals surface area contributed by atoms with Crippen LogP contribution < -0.4 is 62.3 Å². The summed E-state index contributed by atoms with van der Waals surface area (Å²) in [5.41, 5.74) is 49.6. The van der Waals surface area contributed by atoms with E-state index in [9.17, 15) is 0 Å². The second-order valence-electron chi connectivity index (χ2n) is 5.72. The van der Waals surface area contributed by atoms with Gasteiger partial charge in [0.15, 0.2) is 5.69 Å². The summed E-state index contributed by atoms with van der Waals surface area (Å²) < 4.78 is -0.384. The van der Waals surface area contributed by atoms with Crippen LogP contribution in [0.25, 0.3) is 0 Å². The normalized spacial score (nSPS) is 11.7. The van der Waals surface area contributed by atoms with Crippen molar-refractivity contribution in [3.05, 3.63) is 9.13 Å². The summed E-state index contributed by atoms with van der Waals surface area (Å²) >= 11 is 1.97. The highest BCUT2D eigenvalue weighted by Gasteiger charge is 2.39. The summed E-state index contributed by atoms with van der Waals surface area (Å²) in [5, 5.41) is 0. The first kappa shape index (κ1) is 18.8. The highest BCUT2D eigenvalue weighted by Crippen LogP contribution is 2.50. The van der Waals surface area contributed by atoms with Crippen molar-refractivity contribution in [3.63, 3.8) is 0 Å². The maximum Gasteiger partial charge on any atom is 0.227 e. The third-order valence-corrected chi connectivity index (χ3v) is 5.29. The number of rotatable bonds is 2. The van der Waals surface area contributed by atoms with Crippen molar-refractivity contribution in [1.82, 2.24) is 4.70 Å². The van der Waals surface area contributed by atoms with Gasteiger partial charge in [0.05, 0.1) is 34.1 Å². The molecule has 0 aliphatic carbocycles. The maximum absolute atomic E-state index is 6.39. The Hall–Kier alpha value is -2.55. The van der Waals surface area contributed by atoms with Gasteiger partial charge in [-0.2, -0.15) is 11.7 Å². The molecule has 0 amide bonds. The van der Waals surface area contributed by atoms with E-state index in [0.717, 1.165) is 0 Å². The van der Waals surface area contributed by atoms with E-state index in [1.165, 1.54) is 0 Å². The molecule has 2 aromatic carbocycles. The van der Waals surface area contributed by atoms with Crippen molar-refractivity contribution >= 4 is 79.5 Å². The maximum atomic E-state index is 6.39. The summed E-state index contributed by atoms with van der Waals surface area (Å²) in [5.74, 6) is 12.8. The van der Waals surface area contributed by atoms with E-state index in [-0.39, 0.29) is 51.2 Å². The lowest BCUT2D eigenvalue weighted by Gasteiger charge is -2.32. The highest BCUT2D eigenvalue weighted by atomic mass is 127. The van der Waals surface area contributed by atoms with Gasteiger partial charge in [0, 0.05) is 5.56 Å². The quantitative estimate of drug-likeness (QED) is 0.0914. The Morgan fingerprint density at radius 3 is 1.36 bits per heavy atom. The number of nitrogens with zero attached hydrogens (tertiary/aromatic N) is 1. The van der Waals surface area contributed by atoms with Crippen LogP contribution >= 0.6 is 22.6 Å². The van der Waals surface area contributed by atoms with Crippen molar-refractivity contribution in [2.75, 3.05) is 45.9 Å². The van der Waals surface area contributed by atoms with E-state index in [1.54, 1.807) is 6.92 Å². The van der Waals surface area contributed by atoms with Crippen molar-refractivity contribution in [2.45, 2.75) is 6.92 Å². The second kappa shape index (κ2) is 5.76. The zero-order valence-corrected chi connectivity index (χ0v) is 15.8. The first-order valence-electron chi connectivity index (χ1n) is 6.96. The summed E-state index contributed by atoms with van der Waals surface area (Å²) in [6.45, 7) is 1.70. The number of benzene rings is 2. The lowest BCUT2D eigenvalue weighted by atomic mass is 10.0. The summed E-state index contributed by atoms with van der Waals surface area (Å²) in [6, 6.07) is 0. The van der Waals surface area contributed by atoms with Crippen LogP contribution in [0, 0.1) is 10.5 Å². The fourth-order valence-electron chi connectivity index (χ4n) is 2.67. The molecule has 2 aromatic rings. The van der Waals surface area contributed by atoms with Gasteiger partial charge in [-0.1, -0.05) is 0 Å². The van der Waals surface area contributed by atoms with Gasteiger partial charge in [-0.3, -0.25) is 0 Å². The van der Waals surface area contributed by atoms with Crippen LogP contribution in [0.2, 0.25) is 0 Å². The minimum absolute atomic E-state index is 0.0124. The van der Waals surface area contributed by atoms with Gasteiger partial charge in [-0.15, -0.1) is 4.70 Å². The standard InChI is InChI=1S/C13H23IN11/c1-2-4(15)6(17)5(16)3(14)12(2)25(23,24)13-10(21)8(19)7(18)9(20)11(13)22/h15-24H2,1H3/q+1. The Morgan fingerprint density at radius 1 is 0.560 bits per heavy atom. The minimum atomic E-state index is -0.884. The molecule has 25 heavy (non-hydrogen) atoms. The van der Waals surface area contributed by atoms with Crippen molar-refractivity contribution in [3.8, 4) is 0 Å². The third kappa shape index (κ3) is 2.46. The first-order valence-corrected chi connectivity index (χ1v) is 8.04. The smallest absolute Gasteiger partial charge is 0.227 e. The SMILES string of the molecule is Cc1c(N)c(N)c(N)c(I)c1[N+](N)(N)c1c(N)c(N)c(N)c(N)c1N. The first-order chi connectivity index (χ1) is 11.4. The zero-order valence-electron chi connectivity index (χ0n) is 13.6. The largest absolute Gasteiger partial charge is 0.397 e. The molecule has 0 spiro atoms. The predicted molar refractivity (Wildman–Crippen MR) is 115 cm³/mol. The zero-order chi connectivity index (χ0) is 19.4. The fourth-order valence-corrected chi connectivity index (χ4v) is 3.77. The van der Waals surface area contributed by atoms with E-state index in [0.29, 0.717) is 14.8 Å². The number of nitrogen functional groups attached to an aromatic ring is 8. The molecule has 0 aliphatic rings. The van der Waals surface area contributed by atoms with Crippen LogP contribution in [-0.4, -0.2) is 0 Å². The summed E-state index contributed by atoms with van der Waals surface area (Å²) in [6.07, 6.45) is 0. The number of quaternary nitrogens is 1. The molecule has 0 bridgehead atoms. The molecule has 0 fully saturated rings. The molecule has 136 valence electrons. The molecule has 11 nitrogen and oxygen atoms in total. The Labute approximate surface area is 157 Å². The van der Waals surface area contributed by atoms with E-state index in [4.69, 9.17) is 57.6 Å². The molecule has 20 N–H and O–H groups in total. The van der Waals surface area contributed by atoms with E-state index < -0.39 is 4.70 Å². The topological polar surface area (TPSA) is 260 Å². The molecule has 0 radical (unpaired) electrons. The van der Waals surface area contributed by atoms with Gasteiger partial charge >= 0.3 is 0 Å². The molecule has 0 aromatic heterocycles. The van der Waals surface area contributed by atoms with E-state index in [1.807, 2.05) is 22.6 Å². The fraction of sp³-hybridized carbons (Fsp3) is 0.0769. The predicted octanol–water partition coefficient (Wildman–Crippen LogP) is -0.356. The molecule has 0 unspecified atom stereocenters. The third-order valence-electron chi connectivity index (χ3n) is 4.19. The molecular formula is C13H23IN11+. The lowest BCUT2D eigenvalue weighted by Crippen LogP contribution is -2.59. The van der Waals surface area contributed by atoms with Crippen LogP contribution in [0.5, 0.6) is 0 Å². The van der Waals surface area contributed by atoms with Gasteiger partial charge in [0.2, 0.25) is 5.69 Å². The van der Waals surface area contributed by atoms with Crippen LogP contribution in [0.4, 0.5) is 56.9 Å². The summed E-state index contributed by atoms with van der Waals surface area (Å²) in [4.78, 5) is 0. The average Bonchev–Trinajstić information content (AvgIpc) is 2.54. The Balaban J connectivity index is 2.96. The lowest BCUT2D eigenvalue weighted by molar-refractivity contribution is 0.417. The van der Waals surface area contributed by atoms with E-state index >= 15 is 0 Å². The van der Waals surface area contributed by atoms with Gasteiger partial charge < -0.3 is 45.9 Å². The number of nitrogens with two attached hydrogens (primary N) is 10. The molecular weight excluding hydrogens is 437 g/mol. The number of hydrogen-bond acceptors (Lipinski definition) is 10. The van der Waals surface area contributed by atoms with Crippen molar-refractivity contribution in [2.24, 2.45) is 11.7 Å².